The third-order valence-corrected chi connectivity index (χ3v) is 5.12. The third kappa shape index (κ3) is 3.40. The van der Waals surface area contributed by atoms with Crippen molar-refractivity contribution in [2.45, 2.75) is 11.4 Å². The largest absolute Gasteiger partial charge is 0.246 e. The minimum absolute atomic E-state index is 0.0875. The molecule has 0 amide bonds. The molecule has 0 atom stereocenters. The second-order valence-electron chi connectivity index (χ2n) is 4.43. The molecule has 112 valence electrons. The highest BCUT2D eigenvalue weighted by atomic mass is 35.5. The predicted molar refractivity (Wildman–Crippen MR) is 76.5 cm³/mol. The fourth-order valence-corrected chi connectivity index (χ4v) is 3.23. The third-order valence-electron chi connectivity index (χ3n) is 2.93. The van der Waals surface area contributed by atoms with Crippen molar-refractivity contribution < 1.29 is 17.2 Å². The van der Waals surface area contributed by atoms with Crippen molar-refractivity contribution in [1.82, 2.24) is 4.31 Å². The van der Waals surface area contributed by atoms with Gasteiger partial charge in [-0.25, -0.2) is 17.2 Å². The molecule has 7 heteroatoms. The van der Waals surface area contributed by atoms with Crippen LogP contribution in [-0.2, 0) is 16.6 Å². The molecule has 0 aliphatic rings. The van der Waals surface area contributed by atoms with E-state index in [-0.39, 0.29) is 11.6 Å². The molecule has 0 fully saturated rings. The molecule has 0 radical (unpaired) electrons. The summed E-state index contributed by atoms with van der Waals surface area (Å²) in [5.74, 6) is -1.34. The van der Waals surface area contributed by atoms with Gasteiger partial charge in [-0.15, -0.1) is 0 Å². The monoisotopic (exact) mass is 331 g/mol. The van der Waals surface area contributed by atoms with Crippen molar-refractivity contribution in [2.75, 3.05) is 7.05 Å². The molecule has 2 aromatic carbocycles. The van der Waals surface area contributed by atoms with Crippen molar-refractivity contribution in [3.8, 4) is 0 Å². The Balaban J connectivity index is 2.31. The molecular formula is C14H12ClF2NO2S. The highest BCUT2D eigenvalue weighted by Crippen LogP contribution is 2.23. The second-order valence-corrected chi connectivity index (χ2v) is 6.85. The van der Waals surface area contributed by atoms with Gasteiger partial charge in [-0.1, -0.05) is 29.8 Å². The smallest absolute Gasteiger partial charge is 0.207 e. The van der Waals surface area contributed by atoms with E-state index in [0.29, 0.717) is 5.56 Å². The minimum atomic E-state index is -3.99. The van der Waals surface area contributed by atoms with Gasteiger partial charge in [0.2, 0.25) is 10.0 Å². The standard InChI is InChI=1S/C14H12ClF2NO2S/c1-18(9-10-6-7-11(16)8-12(10)15)21(19,20)14-5-3-2-4-13(14)17/h2-8H,9H2,1H3. The molecule has 0 N–H and O–H groups in total. The van der Waals surface area contributed by atoms with Crippen LogP contribution in [-0.4, -0.2) is 19.8 Å². The molecule has 0 saturated carbocycles. The van der Waals surface area contributed by atoms with Gasteiger partial charge in [0.05, 0.1) is 0 Å². The summed E-state index contributed by atoms with van der Waals surface area (Å²) in [6.45, 7) is -0.0875. The van der Waals surface area contributed by atoms with Crippen LogP contribution in [0.2, 0.25) is 5.02 Å². The number of rotatable bonds is 4. The van der Waals surface area contributed by atoms with Crippen LogP contribution in [0.25, 0.3) is 0 Å². The van der Waals surface area contributed by atoms with Crippen LogP contribution < -0.4 is 0 Å². The average molecular weight is 332 g/mol. The van der Waals surface area contributed by atoms with E-state index >= 15 is 0 Å². The Bertz CT molecular complexity index is 765. The van der Waals surface area contributed by atoms with E-state index in [9.17, 15) is 17.2 Å². The first-order valence-electron chi connectivity index (χ1n) is 5.97. The Labute approximate surface area is 126 Å². The number of halogens is 3. The van der Waals surface area contributed by atoms with E-state index in [1.54, 1.807) is 0 Å². The van der Waals surface area contributed by atoms with Crippen molar-refractivity contribution >= 4 is 21.6 Å². The van der Waals surface area contributed by atoms with Crippen LogP contribution in [0.4, 0.5) is 8.78 Å². The normalized spacial score (nSPS) is 11.9. The molecule has 2 aromatic rings. The molecular weight excluding hydrogens is 320 g/mol. The Morgan fingerprint density at radius 2 is 1.81 bits per heavy atom. The lowest BCUT2D eigenvalue weighted by atomic mass is 10.2. The van der Waals surface area contributed by atoms with Crippen LogP contribution in [0.3, 0.4) is 0 Å². The lowest BCUT2D eigenvalue weighted by Gasteiger charge is -2.18. The van der Waals surface area contributed by atoms with Gasteiger partial charge in [-0.05, 0) is 29.8 Å². The lowest BCUT2D eigenvalue weighted by Crippen LogP contribution is -2.27. The average Bonchev–Trinajstić information content (AvgIpc) is 2.42. The number of hydrogen-bond donors (Lipinski definition) is 0. The van der Waals surface area contributed by atoms with Crippen LogP contribution in [0.5, 0.6) is 0 Å². The van der Waals surface area contributed by atoms with Gasteiger partial charge in [0, 0.05) is 18.6 Å². The Morgan fingerprint density at radius 1 is 1.14 bits per heavy atom. The predicted octanol–water partition coefficient (Wildman–Crippen LogP) is 3.44. The fraction of sp³-hybridized carbons (Fsp3) is 0.143. The SMILES string of the molecule is CN(Cc1ccc(F)cc1Cl)S(=O)(=O)c1ccccc1F. The summed E-state index contributed by atoms with van der Waals surface area (Å²) in [7, 11) is -2.68. The quantitative estimate of drug-likeness (QED) is 0.860. The zero-order valence-electron chi connectivity index (χ0n) is 11.1. The summed E-state index contributed by atoms with van der Waals surface area (Å²) >= 11 is 5.87. The van der Waals surface area contributed by atoms with Gasteiger partial charge in [-0.3, -0.25) is 0 Å². The minimum Gasteiger partial charge on any atom is -0.207 e. The van der Waals surface area contributed by atoms with Crippen LogP contribution in [0.1, 0.15) is 5.56 Å². The summed E-state index contributed by atoms with van der Waals surface area (Å²) < 4.78 is 52.2. The summed E-state index contributed by atoms with van der Waals surface area (Å²) in [5.41, 5.74) is 0.431. The van der Waals surface area contributed by atoms with Gasteiger partial charge in [0.1, 0.15) is 16.5 Å². The molecule has 0 spiro atoms. The number of benzene rings is 2. The Hall–Kier alpha value is -1.50. The van der Waals surface area contributed by atoms with Gasteiger partial charge in [-0.2, -0.15) is 4.31 Å². The Kier molecular flexibility index (Phi) is 4.61. The topological polar surface area (TPSA) is 37.4 Å². The van der Waals surface area contributed by atoms with Crippen LogP contribution >= 0.6 is 11.6 Å². The first-order chi connectivity index (χ1) is 9.82. The van der Waals surface area contributed by atoms with Gasteiger partial charge in [0.15, 0.2) is 0 Å². The van der Waals surface area contributed by atoms with E-state index in [1.807, 2.05) is 0 Å². The summed E-state index contributed by atoms with van der Waals surface area (Å²) in [6, 6.07) is 8.79. The van der Waals surface area contributed by atoms with Crippen molar-refractivity contribution in [2.24, 2.45) is 0 Å². The van der Waals surface area contributed by atoms with E-state index < -0.39 is 26.6 Å². The van der Waals surface area contributed by atoms with E-state index in [2.05, 4.69) is 0 Å². The van der Waals surface area contributed by atoms with Gasteiger partial charge >= 0.3 is 0 Å². The van der Waals surface area contributed by atoms with Crippen molar-refractivity contribution in [3.05, 3.63) is 64.7 Å². The van der Waals surface area contributed by atoms with Gasteiger partial charge < -0.3 is 0 Å². The Morgan fingerprint density at radius 3 is 2.43 bits per heavy atom. The number of hydrogen-bond acceptors (Lipinski definition) is 2. The molecule has 0 unspecified atom stereocenters. The molecule has 2 rings (SSSR count). The zero-order valence-corrected chi connectivity index (χ0v) is 12.6. The molecule has 0 heterocycles. The maximum absolute atomic E-state index is 13.6. The summed E-state index contributed by atoms with van der Waals surface area (Å²) in [5, 5.41) is 0.116. The second kappa shape index (κ2) is 6.09. The molecule has 0 bridgehead atoms. The zero-order chi connectivity index (χ0) is 15.6. The van der Waals surface area contributed by atoms with Crippen LogP contribution in [0.15, 0.2) is 47.4 Å². The lowest BCUT2D eigenvalue weighted by molar-refractivity contribution is 0.459. The number of nitrogens with zero attached hydrogens (tertiary/aromatic N) is 1. The summed E-state index contributed by atoms with van der Waals surface area (Å²) in [4.78, 5) is -0.411. The molecule has 21 heavy (non-hydrogen) atoms. The maximum atomic E-state index is 13.6. The molecule has 0 aromatic heterocycles. The molecule has 0 saturated heterocycles. The number of sulfonamides is 1. The molecule has 0 aliphatic heterocycles. The van der Waals surface area contributed by atoms with E-state index in [1.165, 1.54) is 37.4 Å². The van der Waals surface area contributed by atoms with Crippen molar-refractivity contribution in [1.29, 1.82) is 0 Å². The molecule has 3 nitrogen and oxygen atoms in total. The first-order valence-corrected chi connectivity index (χ1v) is 7.79. The maximum Gasteiger partial charge on any atom is 0.246 e. The fourth-order valence-electron chi connectivity index (χ4n) is 1.80. The highest BCUT2D eigenvalue weighted by molar-refractivity contribution is 7.89. The van der Waals surface area contributed by atoms with E-state index in [4.69, 9.17) is 11.6 Å². The summed E-state index contributed by atoms with van der Waals surface area (Å²) in [6.07, 6.45) is 0. The first kappa shape index (κ1) is 15.9. The van der Waals surface area contributed by atoms with E-state index in [0.717, 1.165) is 16.4 Å². The van der Waals surface area contributed by atoms with Crippen LogP contribution in [0, 0.1) is 11.6 Å². The van der Waals surface area contributed by atoms with Gasteiger partial charge in [0.25, 0.3) is 0 Å². The van der Waals surface area contributed by atoms with Crippen molar-refractivity contribution in [3.63, 3.8) is 0 Å². The highest BCUT2D eigenvalue weighted by Gasteiger charge is 2.24. The molecule has 0 aliphatic carbocycles.